The van der Waals surface area contributed by atoms with Gasteiger partial charge in [-0.05, 0) is 33.1 Å². The molecule has 0 rings (SSSR count). The molecule has 98 valence electrons. The molecule has 0 aromatic rings. The summed E-state index contributed by atoms with van der Waals surface area (Å²) in [6.07, 6.45) is 2.73. The van der Waals surface area contributed by atoms with Crippen molar-refractivity contribution in [1.29, 1.82) is 0 Å². The van der Waals surface area contributed by atoms with Crippen LogP contribution in [0.4, 0.5) is 0 Å². The minimum absolute atomic E-state index is 0.0416. The highest BCUT2D eigenvalue weighted by molar-refractivity contribution is 4.81. The Balaban J connectivity index is 3.33. The number of nitrogens with two attached hydrogens (primary N) is 1. The second kappa shape index (κ2) is 8.93. The highest BCUT2D eigenvalue weighted by Crippen LogP contribution is 2.12. The van der Waals surface area contributed by atoms with E-state index < -0.39 is 5.54 Å². The maximum Gasteiger partial charge on any atom is 0.0703 e. The van der Waals surface area contributed by atoms with Gasteiger partial charge in [-0.25, -0.2) is 0 Å². The molecular formula is C12H27NO3. The fourth-order valence-electron chi connectivity index (χ4n) is 1.34. The van der Waals surface area contributed by atoms with Crippen LogP contribution in [0.25, 0.3) is 0 Å². The van der Waals surface area contributed by atoms with Crippen LogP contribution in [0.5, 0.6) is 0 Å². The van der Waals surface area contributed by atoms with Crippen LogP contribution in [0.3, 0.4) is 0 Å². The van der Waals surface area contributed by atoms with Gasteiger partial charge in [-0.15, -0.1) is 0 Å². The van der Waals surface area contributed by atoms with E-state index in [1.165, 1.54) is 0 Å². The summed E-state index contributed by atoms with van der Waals surface area (Å²) in [4.78, 5) is 0. The van der Waals surface area contributed by atoms with E-state index in [-0.39, 0.29) is 12.7 Å². The second-order valence-corrected chi connectivity index (χ2v) is 4.51. The summed E-state index contributed by atoms with van der Waals surface area (Å²) in [6, 6.07) is 0. The average molecular weight is 233 g/mol. The molecular weight excluding hydrogens is 206 g/mol. The Labute approximate surface area is 99.1 Å². The lowest BCUT2D eigenvalue weighted by atomic mass is 9.93. The topological polar surface area (TPSA) is 64.7 Å². The molecule has 0 saturated carbocycles. The van der Waals surface area contributed by atoms with Gasteiger partial charge in [0.25, 0.3) is 0 Å². The minimum Gasteiger partial charge on any atom is -0.394 e. The van der Waals surface area contributed by atoms with E-state index in [1.54, 1.807) is 0 Å². The van der Waals surface area contributed by atoms with Gasteiger partial charge < -0.3 is 20.3 Å². The Kier molecular flexibility index (Phi) is 8.84. The Hall–Kier alpha value is -0.160. The number of ether oxygens (including phenoxy) is 2. The van der Waals surface area contributed by atoms with E-state index in [9.17, 15) is 0 Å². The molecule has 1 atom stereocenters. The number of rotatable bonds is 10. The molecule has 4 heteroatoms. The maximum absolute atomic E-state index is 9.10. The first-order valence-corrected chi connectivity index (χ1v) is 6.13. The van der Waals surface area contributed by atoms with E-state index in [1.807, 2.05) is 20.8 Å². The van der Waals surface area contributed by atoms with Gasteiger partial charge in [-0.1, -0.05) is 6.92 Å². The Bertz CT molecular complexity index is 158. The fraction of sp³-hybridized carbons (Fsp3) is 1.00. The van der Waals surface area contributed by atoms with Crippen molar-refractivity contribution in [3.63, 3.8) is 0 Å². The first-order valence-electron chi connectivity index (χ1n) is 6.13. The molecule has 3 N–H and O–H groups in total. The molecule has 0 aromatic heterocycles. The molecule has 1 unspecified atom stereocenters. The molecule has 0 aliphatic rings. The summed E-state index contributed by atoms with van der Waals surface area (Å²) in [5, 5.41) is 9.10. The lowest BCUT2D eigenvalue weighted by Crippen LogP contribution is -2.43. The quantitative estimate of drug-likeness (QED) is 0.558. The molecule has 0 aliphatic carbocycles. The summed E-state index contributed by atoms with van der Waals surface area (Å²) < 4.78 is 10.7. The summed E-state index contributed by atoms with van der Waals surface area (Å²) >= 11 is 0. The van der Waals surface area contributed by atoms with E-state index in [0.717, 1.165) is 19.3 Å². The molecule has 0 radical (unpaired) electrons. The fourth-order valence-corrected chi connectivity index (χ4v) is 1.34. The van der Waals surface area contributed by atoms with Crippen molar-refractivity contribution in [2.45, 2.75) is 51.7 Å². The molecule has 0 fully saturated rings. The van der Waals surface area contributed by atoms with Crippen molar-refractivity contribution in [3.05, 3.63) is 0 Å². The predicted molar refractivity (Wildman–Crippen MR) is 65.4 cm³/mol. The molecule has 0 heterocycles. The molecule has 0 aromatic carbocycles. The SMILES string of the molecule is CCC(N)(CO)CCCOCCOC(C)C. The zero-order valence-electron chi connectivity index (χ0n) is 10.9. The summed E-state index contributed by atoms with van der Waals surface area (Å²) in [5.41, 5.74) is 5.51. The molecule has 0 bridgehead atoms. The Morgan fingerprint density at radius 1 is 1.25 bits per heavy atom. The first kappa shape index (κ1) is 15.8. The van der Waals surface area contributed by atoms with Gasteiger partial charge in [0.15, 0.2) is 0 Å². The van der Waals surface area contributed by atoms with Crippen molar-refractivity contribution in [2.75, 3.05) is 26.4 Å². The highest BCUT2D eigenvalue weighted by atomic mass is 16.5. The zero-order chi connectivity index (χ0) is 12.4. The zero-order valence-corrected chi connectivity index (χ0v) is 10.9. The van der Waals surface area contributed by atoms with Gasteiger partial charge in [0.05, 0.1) is 25.9 Å². The number of aliphatic hydroxyl groups is 1. The van der Waals surface area contributed by atoms with Crippen LogP contribution in [-0.2, 0) is 9.47 Å². The van der Waals surface area contributed by atoms with E-state index >= 15 is 0 Å². The lowest BCUT2D eigenvalue weighted by molar-refractivity contribution is 0.0171. The number of aliphatic hydroxyl groups excluding tert-OH is 1. The van der Waals surface area contributed by atoms with Gasteiger partial charge in [0, 0.05) is 12.1 Å². The van der Waals surface area contributed by atoms with Crippen LogP contribution in [0.15, 0.2) is 0 Å². The third kappa shape index (κ3) is 8.05. The highest BCUT2D eigenvalue weighted by Gasteiger charge is 2.20. The maximum atomic E-state index is 9.10. The van der Waals surface area contributed by atoms with Gasteiger partial charge >= 0.3 is 0 Å². The molecule has 0 aliphatic heterocycles. The molecule has 0 amide bonds. The third-order valence-corrected chi connectivity index (χ3v) is 2.66. The summed E-state index contributed by atoms with van der Waals surface area (Å²) in [6.45, 7) is 7.99. The van der Waals surface area contributed by atoms with Crippen molar-refractivity contribution in [1.82, 2.24) is 0 Å². The van der Waals surface area contributed by atoms with Crippen LogP contribution < -0.4 is 5.73 Å². The summed E-state index contributed by atoms with van der Waals surface area (Å²) in [5.74, 6) is 0. The summed E-state index contributed by atoms with van der Waals surface area (Å²) in [7, 11) is 0. The Morgan fingerprint density at radius 2 is 1.94 bits per heavy atom. The van der Waals surface area contributed by atoms with Crippen molar-refractivity contribution < 1.29 is 14.6 Å². The minimum atomic E-state index is -0.433. The molecule has 16 heavy (non-hydrogen) atoms. The van der Waals surface area contributed by atoms with Crippen LogP contribution in [0, 0.1) is 0 Å². The lowest BCUT2D eigenvalue weighted by Gasteiger charge is -2.25. The standard InChI is InChI=1S/C12H27NO3/c1-4-12(13,10-14)6-5-7-15-8-9-16-11(2)3/h11,14H,4-10,13H2,1-3H3. The molecule has 4 nitrogen and oxygen atoms in total. The largest absolute Gasteiger partial charge is 0.394 e. The van der Waals surface area contributed by atoms with Crippen LogP contribution in [0.2, 0.25) is 0 Å². The van der Waals surface area contributed by atoms with E-state index in [0.29, 0.717) is 19.8 Å². The van der Waals surface area contributed by atoms with E-state index in [2.05, 4.69) is 0 Å². The second-order valence-electron chi connectivity index (χ2n) is 4.51. The van der Waals surface area contributed by atoms with Crippen LogP contribution in [-0.4, -0.2) is 43.2 Å². The Morgan fingerprint density at radius 3 is 2.44 bits per heavy atom. The van der Waals surface area contributed by atoms with Crippen molar-refractivity contribution >= 4 is 0 Å². The van der Waals surface area contributed by atoms with Crippen molar-refractivity contribution in [3.8, 4) is 0 Å². The van der Waals surface area contributed by atoms with Gasteiger partial charge in [-0.2, -0.15) is 0 Å². The predicted octanol–water partition coefficient (Wildman–Crippen LogP) is 1.31. The molecule has 0 saturated heterocycles. The van der Waals surface area contributed by atoms with Crippen LogP contribution in [0.1, 0.15) is 40.0 Å². The smallest absolute Gasteiger partial charge is 0.0703 e. The molecule has 0 spiro atoms. The first-order chi connectivity index (χ1) is 7.54. The van der Waals surface area contributed by atoms with Gasteiger partial charge in [0.1, 0.15) is 0 Å². The average Bonchev–Trinajstić information content (AvgIpc) is 2.27. The van der Waals surface area contributed by atoms with Crippen molar-refractivity contribution in [2.24, 2.45) is 5.73 Å². The normalized spacial score (nSPS) is 15.4. The van der Waals surface area contributed by atoms with E-state index in [4.69, 9.17) is 20.3 Å². The number of hydrogen-bond acceptors (Lipinski definition) is 4. The number of hydrogen-bond donors (Lipinski definition) is 2. The third-order valence-electron chi connectivity index (χ3n) is 2.66. The monoisotopic (exact) mass is 233 g/mol. The van der Waals surface area contributed by atoms with Crippen LogP contribution >= 0.6 is 0 Å². The van der Waals surface area contributed by atoms with Gasteiger partial charge in [0.2, 0.25) is 0 Å². The van der Waals surface area contributed by atoms with Gasteiger partial charge in [-0.3, -0.25) is 0 Å².